The molecule has 0 saturated carbocycles. The Morgan fingerprint density at radius 3 is 2.42 bits per heavy atom. The fraction of sp³-hybridized carbons (Fsp3) is 0.217. The van der Waals surface area contributed by atoms with Gasteiger partial charge in [-0.2, -0.15) is 13.2 Å². The first-order valence-electron chi connectivity index (χ1n) is 10.0. The number of fused-ring (bicyclic) bond motifs is 1. The summed E-state index contributed by atoms with van der Waals surface area (Å²) >= 11 is 0. The zero-order valence-corrected chi connectivity index (χ0v) is 17.1. The van der Waals surface area contributed by atoms with Crippen LogP contribution in [0.2, 0.25) is 0 Å². The number of ether oxygens (including phenoxy) is 1. The highest BCUT2D eigenvalue weighted by Crippen LogP contribution is 2.44. The van der Waals surface area contributed by atoms with Gasteiger partial charge in [0.25, 0.3) is 0 Å². The van der Waals surface area contributed by atoms with Gasteiger partial charge in [-0.25, -0.2) is 19.6 Å². The van der Waals surface area contributed by atoms with Crippen LogP contribution in [0.15, 0.2) is 67.3 Å². The summed E-state index contributed by atoms with van der Waals surface area (Å²) in [5.41, 5.74) is 10.1. The Bertz CT molecular complexity index is 1160. The van der Waals surface area contributed by atoms with E-state index in [1.54, 1.807) is 42.7 Å². The average Bonchev–Trinajstić information content (AvgIpc) is 3.22. The molecule has 3 unspecified atom stereocenters. The molecular weight excluding hydrogens is 437 g/mol. The van der Waals surface area contributed by atoms with Crippen molar-refractivity contribution >= 4 is 17.6 Å². The molecule has 0 radical (unpaired) electrons. The average molecular weight is 456 g/mol. The molecule has 0 fully saturated rings. The van der Waals surface area contributed by atoms with Gasteiger partial charge in [0, 0.05) is 42.0 Å². The lowest BCUT2D eigenvalue weighted by Gasteiger charge is -2.28. The Labute approximate surface area is 186 Å². The van der Waals surface area contributed by atoms with Gasteiger partial charge in [-0.05, 0) is 22.8 Å². The molecule has 0 aliphatic carbocycles. The third-order valence-corrected chi connectivity index (χ3v) is 5.56. The number of anilines is 1. The summed E-state index contributed by atoms with van der Waals surface area (Å²) in [5, 5.41) is 3.27. The molecule has 0 bridgehead atoms. The SMILES string of the molecule is NC(C(=O)OC(=O)C(F)(F)F)C(c1ccccc1)C1CNc2cc(-c3cncnc3)ccc21. The Kier molecular flexibility index (Phi) is 6.10. The minimum Gasteiger partial charge on any atom is -0.385 e. The summed E-state index contributed by atoms with van der Waals surface area (Å²) in [6.07, 6.45) is -0.509. The molecule has 10 heteroatoms. The number of nitrogens with two attached hydrogens (primary N) is 1. The summed E-state index contributed by atoms with van der Waals surface area (Å²) in [6, 6.07) is 12.9. The van der Waals surface area contributed by atoms with Crippen LogP contribution in [0.4, 0.5) is 18.9 Å². The Hall–Kier alpha value is -3.79. The Morgan fingerprint density at radius 2 is 1.76 bits per heavy atom. The highest BCUT2D eigenvalue weighted by Gasteiger charge is 2.45. The van der Waals surface area contributed by atoms with Gasteiger partial charge in [0.1, 0.15) is 12.4 Å². The summed E-state index contributed by atoms with van der Waals surface area (Å²) < 4.78 is 41.8. The highest BCUT2D eigenvalue weighted by atomic mass is 19.4. The summed E-state index contributed by atoms with van der Waals surface area (Å²) in [4.78, 5) is 31.6. The van der Waals surface area contributed by atoms with Crippen LogP contribution in [0.3, 0.4) is 0 Å². The number of hydrogen-bond acceptors (Lipinski definition) is 7. The molecular formula is C23H19F3N4O3. The van der Waals surface area contributed by atoms with Crippen LogP contribution < -0.4 is 11.1 Å². The van der Waals surface area contributed by atoms with E-state index in [2.05, 4.69) is 20.0 Å². The molecule has 2 heterocycles. The lowest BCUT2D eigenvalue weighted by molar-refractivity contribution is -0.202. The maximum atomic E-state index is 12.6. The van der Waals surface area contributed by atoms with Crippen molar-refractivity contribution < 1.29 is 27.5 Å². The minimum absolute atomic E-state index is 0.355. The number of aromatic nitrogens is 2. The second-order valence-corrected chi connectivity index (χ2v) is 7.59. The number of halogens is 3. The van der Waals surface area contributed by atoms with Gasteiger partial charge in [-0.15, -0.1) is 0 Å². The van der Waals surface area contributed by atoms with Gasteiger partial charge in [-0.1, -0.05) is 42.5 Å². The summed E-state index contributed by atoms with van der Waals surface area (Å²) in [5.74, 6) is -5.11. The number of nitrogens with one attached hydrogen (secondary N) is 1. The van der Waals surface area contributed by atoms with Gasteiger partial charge in [0.2, 0.25) is 0 Å². The van der Waals surface area contributed by atoms with E-state index in [4.69, 9.17) is 5.73 Å². The van der Waals surface area contributed by atoms with Crippen molar-refractivity contribution in [2.24, 2.45) is 5.73 Å². The predicted molar refractivity (Wildman–Crippen MR) is 113 cm³/mol. The molecule has 0 spiro atoms. The number of carbonyl (C=O) groups is 2. The molecule has 7 nitrogen and oxygen atoms in total. The van der Waals surface area contributed by atoms with Crippen LogP contribution in [0.1, 0.15) is 23.0 Å². The number of benzene rings is 2. The van der Waals surface area contributed by atoms with Gasteiger partial charge in [0.05, 0.1) is 0 Å². The van der Waals surface area contributed by atoms with E-state index in [1.807, 2.05) is 18.2 Å². The number of hydrogen-bond donors (Lipinski definition) is 2. The zero-order valence-electron chi connectivity index (χ0n) is 17.1. The van der Waals surface area contributed by atoms with Gasteiger partial charge >= 0.3 is 18.1 Å². The molecule has 0 amide bonds. The van der Waals surface area contributed by atoms with Crippen LogP contribution in [-0.4, -0.2) is 40.7 Å². The molecule has 3 atom stereocenters. The first-order chi connectivity index (χ1) is 15.8. The van der Waals surface area contributed by atoms with E-state index in [-0.39, 0.29) is 5.92 Å². The van der Waals surface area contributed by atoms with E-state index >= 15 is 0 Å². The van der Waals surface area contributed by atoms with Crippen molar-refractivity contribution in [2.75, 3.05) is 11.9 Å². The van der Waals surface area contributed by atoms with E-state index in [1.165, 1.54) is 6.33 Å². The first-order valence-corrected chi connectivity index (χ1v) is 10.0. The molecule has 1 aliphatic heterocycles. The van der Waals surface area contributed by atoms with Crippen LogP contribution in [0, 0.1) is 0 Å². The fourth-order valence-corrected chi connectivity index (χ4v) is 4.04. The van der Waals surface area contributed by atoms with Crippen molar-refractivity contribution in [3.8, 4) is 11.1 Å². The Morgan fingerprint density at radius 1 is 1.06 bits per heavy atom. The number of esters is 2. The molecule has 170 valence electrons. The number of nitrogens with zero attached hydrogens (tertiary/aromatic N) is 2. The molecule has 1 aliphatic rings. The number of carbonyl (C=O) groups excluding carboxylic acids is 2. The predicted octanol–water partition coefficient (Wildman–Crippen LogP) is 3.40. The van der Waals surface area contributed by atoms with Crippen molar-refractivity contribution in [3.05, 3.63) is 78.4 Å². The maximum absolute atomic E-state index is 12.6. The van der Waals surface area contributed by atoms with Crippen LogP contribution >= 0.6 is 0 Å². The van der Waals surface area contributed by atoms with Gasteiger partial charge in [-0.3, -0.25) is 0 Å². The molecule has 4 rings (SSSR count). The maximum Gasteiger partial charge on any atom is 0.491 e. The Balaban J connectivity index is 1.66. The van der Waals surface area contributed by atoms with Crippen LogP contribution in [0.25, 0.3) is 11.1 Å². The van der Waals surface area contributed by atoms with Crippen molar-refractivity contribution in [1.29, 1.82) is 0 Å². The summed E-state index contributed by atoms with van der Waals surface area (Å²) in [7, 11) is 0. The normalized spacial score (nSPS) is 16.9. The lowest BCUT2D eigenvalue weighted by Crippen LogP contribution is -2.43. The van der Waals surface area contributed by atoms with E-state index in [0.717, 1.165) is 22.4 Å². The second-order valence-electron chi connectivity index (χ2n) is 7.59. The number of alkyl halides is 3. The first kappa shape index (κ1) is 22.4. The number of rotatable bonds is 5. The van der Waals surface area contributed by atoms with Crippen molar-refractivity contribution in [1.82, 2.24) is 9.97 Å². The second kappa shape index (κ2) is 8.99. The standard InChI is InChI=1S/C23H19F3N4O3/c24-23(25,26)22(32)33-21(31)20(27)19(13-4-2-1-3-5-13)17-11-30-18-8-14(6-7-16(17)18)15-9-28-12-29-10-15/h1-10,12,17,19-20,30H,11,27H2. The van der Waals surface area contributed by atoms with E-state index in [0.29, 0.717) is 12.1 Å². The molecule has 3 aromatic rings. The summed E-state index contributed by atoms with van der Waals surface area (Å²) in [6.45, 7) is 0.387. The van der Waals surface area contributed by atoms with E-state index < -0.39 is 30.1 Å². The monoisotopic (exact) mass is 456 g/mol. The molecule has 1 aromatic heterocycles. The van der Waals surface area contributed by atoms with Gasteiger partial charge < -0.3 is 15.8 Å². The minimum atomic E-state index is -5.29. The molecule has 3 N–H and O–H groups in total. The molecule has 0 saturated heterocycles. The van der Waals surface area contributed by atoms with Crippen molar-refractivity contribution in [2.45, 2.75) is 24.1 Å². The lowest BCUT2D eigenvalue weighted by atomic mass is 9.78. The van der Waals surface area contributed by atoms with Crippen molar-refractivity contribution in [3.63, 3.8) is 0 Å². The van der Waals surface area contributed by atoms with Crippen LogP contribution in [0.5, 0.6) is 0 Å². The van der Waals surface area contributed by atoms with Crippen LogP contribution in [-0.2, 0) is 14.3 Å². The zero-order chi connectivity index (χ0) is 23.6. The molecule has 2 aromatic carbocycles. The quantitative estimate of drug-likeness (QED) is 0.448. The third-order valence-electron chi connectivity index (χ3n) is 5.56. The van der Waals surface area contributed by atoms with E-state index in [9.17, 15) is 22.8 Å². The smallest absolute Gasteiger partial charge is 0.385 e. The highest BCUT2D eigenvalue weighted by molar-refractivity contribution is 5.91. The fourth-order valence-electron chi connectivity index (χ4n) is 4.04. The third kappa shape index (κ3) is 4.70. The topological polar surface area (TPSA) is 107 Å². The molecule has 33 heavy (non-hydrogen) atoms. The largest absolute Gasteiger partial charge is 0.491 e. The van der Waals surface area contributed by atoms with Gasteiger partial charge in [0.15, 0.2) is 0 Å².